The van der Waals surface area contributed by atoms with Crippen LogP contribution in [0.25, 0.3) is 0 Å². The Morgan fingerprint density at radius 2 is 1.56 bits per heavy atom. The number of likely N-dealkylation sites (tertiary alicyclic amines) is 1. The van der Waals surface area contributed by atoms with E-state index in [1.807, 2.05) is 60.7 Å². The topological polar surface area (TPSA) is 46.3 Å². The monoisotopic (exact) mass is 366 g/mol. The van der Waals surface area contributed by atoms with E-state index in [1.54, 1.807) is 0 Å². The Bertz CT molecular complexity index is 713. The number of benzene rings is 2. The second-order valence-electron chi connectivity index (χ2n) is 8.70. The van der Waals surface area contributed by atoms with Crippen molar-refractivity contribution in [2.45, 2.75) is 11.8 Å². The van der Waals surface area contributed by atoms with Crippen LogP contribution in [0.1, 0.15) is 17.5 Å². The van der Waals surface area contributed by atoms with Crippen molar-refractivity contribution in [3.63, 3.8) is 0 Å². The van der Waals surface area contributed by atoms with E-state index >= 15 is 0 Å². The van der Waals surface area contributed by atoms with E-state index in [0.29, 0.717) is 0 Å². The third-order valence-electron chi connectivity index (χ3n) is 5.82. The molecule has 144 valence electrons. The van der Waals surface area contributed by atoms with Gasteiger partial charge in [-0.05, 0) is 30.0 Å². The smallest absolute Gasteiger partial charge is 0.232 e. The van der Waals surface area contributed by atoms with E-state index in [2.05, 4.69) is 26.0 Å². The molecule has 0 aliphatic carbocycles. The minimum atomic E-state index is -0.784. The molecule has 1 aliphatic heterocycles. The van der Waals surface area contributed by atoms with Crippen LogP contribution in [0.15, 0.2) is 60.7 Å². The average Bonchev–Trinajstić information content (AvgIpc) is 3.11. The molecule has 0 spiro atoms. The summed E-state index contributed by atoms with van der Waals surface area (Å²) in [5.74, 6) is -0.0781. The van der Waals surface area contributed by atoms with Gasteiger partial charge in [-0.15, -0.1) is 0 Å². The van der Waals surface area contributed by atoms with Gasteiger partial charge in [0.25, 0.3) is 0 Å². The van der Waals surface area contributed by atoms with Gasteiger partial charge in [0.05, 0.1) is 27.7 Å². The van der Waals surface area contributed by atoms with Gasteiger partial charge in [0.1, 0.15) is 5.41 Å². The van der Waals surface area contributed by atoms with Crippen LogP contribution in [0, 0.1) is 5.92 Å². The van der Waals surface area contributed by atoms with Crippen molar-refractivity contribution < 1.29 is 9.28 Å². The fourth-order valence-corrected chi connectivity index (χ4v) is 4.36. The van der Waals surface area contributed by atoms with Crippen molar-refractivity contribution in [2.24, 2.45) is 11.7 Å². The molecule has 0 bridgehead atoms. The lowest BCUT2D eigenvalue weighted by atomic mass is 9.64. The number of likely N-dealkylation sites (N-methyl/N-ethyl adjacent to an activating group) is 1. The molecule has 1 unspecified atom stereocenters. The maximum atomic E-state index is 13.0. The molecule has 1 aliphatic rings. The van der Waals surface area contributed by atoms with Crippen LogP contribution in [0.4, 0.5) is 0 Å². The number of hydrogen-bond acceptors (Lipinski definition) is 2. The summed E-state index contributed by atoms with van der Waals surface area (Å²) in [5, 5.41) is 0. The second-order valence-corrected chi connectivity index (χ2v) is 8.70. The quantitative estimate of drug-likeness (QED) is 0.765. The highest BCUT2D eigenvalue weighted by molar-refractivity contribution is 5.91. The first-order chi connectivity index (χ1) is 12.8. The number of quaternary nitrogens is 1. The number of nitrogens with zero attached hydrogens (tertiary/aromatic N) is 2. The first kappa shape index (κ1) is 19.6. The van der Waals surface area contributed by atoms with Gasteiger partial charge in [-0.1, -0.05) is 60.7 Å². The summed E-state index contributed by atoms with van der Waals surface area (Å²) in [7, 11) is 6.65. The van der Waals surface area contributed by atoms with E-state index in [0.717, 1.165) is 48.2 Å². The molecule has 1 fully saturated rings. The van der Waals surface area contributed by atoms with E-state index in [-0.39, 0.29) is 11.8 Å². The predicted octanol–water partition coefficient (Wildman–Crippen LogP) is 2.49. The summed E-state index contributed by atoms with van der Waals surface area (Å²) in [6, 6.07) is 20.2. The van der Waals surface area contributed by atoms with Gasteiger partial charge in [-0.25, -0.2) is 0 Å². The Morgan fingerprint density at radius 1 is 1.04 bits per heavy atom. The number of hydrogen-bond donors (Lipinski definition) is 1. The fourth-order valence-electron chi connectivity index (χ4n) is 4.36. The van der Waals surface area contributed by atoms with Crippen LogP contribution in [-0.4, -0.2) is 62.6 Å². The Kier molecular flexibility index (Phi) is 5.68. The van der Waals surface area contributed by atoms with Crippen molar-refractivity contribution >= 4 is 5.91 Å². The molecule has 27 heavy (non-hydrogen) atoms. The highest BCUT2D eigenvalue weighted by Crippen LogP contribution is 2.43. The van der Waals surface area contributed by atoms with Crippen molar-refractivity contribution in [1.29, 1.82) is 0 Å². The molecular formula is C23H32N3O+. The first-order valence-corrected chi connectivity index (χ1v) is 9.78. The van der Waals surface area contributed by atoms with Crippen LogP contribution < -0.4 is 5.73 Å². The second kappa shape index (κ2) is 7.83. The number of carbonyl (C=O) groups excluding carboxylic acids is 1. The van der Waals surface area contributed by atoms with Gasteiger partial charge >= 0.3 is 0 Å². The fraction of sp³-hybridized carbons (Fsp3) is 0.435. The van der Waals surface area contributed by atoms with Crippen molar-refractivity contribution in [2.75, 3.05) is 47.3 Å². The lowest BCUT2D eigenvalue weighted by Crippen LogP contribution is -2.49. The Hall–Kier alpha value is -2.17. The normalized spacial score (nSPS) is 18.6. The number of carbonyl (C=O) groups is 1. The Morgan fingerprint density at radius 3 is 2.00 bits per heavy atom. The first-order valence-electron chi connectivity index (χ1n) is 9.78. The number of rotatable bonds is 7. The molecule has 3 rings (SSSR count). The van der Waals surface area contributed by atoms with Gasteiger partial charge in [0.2, 0.25) is 5.91 Å². The largest absolute Gasteiger partial charge is 0.369 e. The molecule has 0 saturated carbocycles. The van der Waals surface area contributed by atoms with Crippen molar-refractivity contribution in [3.8, 4) is 0 Å². The maximum Gasteiger partial charge on any atom is 0.232 e. The number of nitrogens with two attached hydrogens (primary N) is 1. The minimum absolute atomic E-state index is 0.173. The van der Waals surface area contributed by atoms with E-state index in [4.69, 9.17) is 5.73 Å². The summed E-state index contributed by atoms with van der Waals surface area (Å²) in [4.78, 5) is 15.5. The van der Waals surface area contributed by atoms with Crippen LogP contribution >= 0.6 is 0 Å². The van der Waals surface area contributed by atoms with Crippen LogP contribution in [-0.2, 0) is 10.2 Å². The molecule has 1 atom stereocenters. The molecule has 4 heteroatoms. The van der Waals surface area contributed by atoms with Crippen LogP contribution in [0.5, 0.6) is 0 Å². The summed E-state index contributed by atoms with van der Waals surface area (Å²) < 4.78 is 0.944. The molecule has 0 radical (unpaired) electrons. The molecule has 2 N–H and O–H groups in total. The molecular weight excluding hydrogens is 334 g/mol. The van der Waals surface area contributed by atoms with Crippen LogP contribution in [0.3, 0.4) is 0 Å². The standard InChI is InChI=1S/C23H31N3O/c1-26(2,3)17-16-25-15-14-21(18-25)23(22(24)27,19-10-6-4-7-11-19)20-12-8-5-9-13-20/h4-13,21H,14-18H2,1-3H3,(H-,24,27)/p+1. The molecule has 1 heterocycles. The molecule has 4 nitrogen and oxygen atoms in total. The van der Waals surface area contributed by atoms with Gasteiger partial charge in [-0.3, -0.25) is 9.69 Å². The lowest BCUT2D eigenvalue weighted by molar-refractivity contribution is -0.869. The lowest BCUT2D eigenvalue weighted by Gasteiger charge is -2.37. The highest BCUT2D eigenvalue weighted by atomic mass is 16.1. The molecule has 1 saturated heterocycles. The van der Waals surface area contributed by atoms with Gasteiger partial charge in [0.15, 0.2) is 0 Å². The zero-order valence-corrected chi connectivity index (χ0v) is 16.8. The maximum absolute atomic E-state index is 13.0. The zero-order chi connectivity index (χ0) is 19.5. The minimum Gasteiger partial charge on any atom is -0.369 e. The summed E-state index contributed by atoms with van der Waals surface area (Å²) in [6.45, 7) is 4.04. The van der Waals surface area contributed by atoms with E-state index in [1.165, 1.54) is 0 Å². The average molecular weight is 367 g/mol. The zero-order valence-electron chi connectivity index (χ0n) is 16.8. The van der Waals surface area contributed by atoms with Crippen molar-refractivity contribution in [3.05, 3.63) is 71.8 Å². The third kappa shape index (κ3) is 4.07. The van der Waals surface area contributed by atoms with Crippen molar-refractivity contribution in [1.82, 2.24) is 4.90 Å². The molecule has 2 aromatic carbocycles. The van der Waals surface area contributed by atoms with Gasteiger partial charge in [-0.2, -0.15) is 0 Å². The van der Waals surface area contributed by atoms with E-state index < -0.39 is 5.41 Å². The number of amides is 1. The summed E-state index contributed by atoms with van der Waals surface area (Å²) >= 11 is 0. The third-order valence-corrected chi connectivity index (χ3v) is 5.82. The van der Waals surface area contributed by atoms with Gasteiger partial charge in [0, 0.05) is 13.1 Å². The SMILES string of the molecule is C[N+](C)(C)CCN1CCC(C(C(N)=O)(c2ccccc2)c2ccccc2)C1. The summed E-state index contributed by atoms with van der Waals surface area (Å²) in [5.41, 5.74) is 7.36. The van der Waals surface area contributed by atoms with Crippen LogP contribution in [0.2, 0.25) is 0 Å². The predicted molar refractivity (Wildman–Crippen MR) is 110 cm³/mol. The number of primary amides is 1. The van der Waals surface area contributed by atoms with Gasteiger partial charge < -0.3 is 10.2 Å². The highest BCUT2D eigenvalue weighted by Gasteiger charge is 2.49. The van der Waals surface area contributed by atoms with E-state index in [9.17, 15) is 4.79 Å². The molecule has 2 aromatic rings. The Balaban J connectivity index is 1.98. The Labute approximate surface area is 163 Å². The molecule has 0 aromatic heterocycles. The summed E-state index contributed by atoms with van der Waals surface area (Å²) in [6.07, 6.45) is 0.976. The molecule has 1 amide bonds.